The monoisotopic (exact) mass is 317 g/mol. The molecule has 1 amide bonds. The number of benzene rings is 2. The fourth-order valence-corrected chi connectivity index (χ4v) is 2.05. The lowest BCUT2D eigenvalue weighted by Gasteiger charge is -2.04. The summed E-state index contributed by atoms with van der Waals surface area (Å²) in [5, 5.41) is 2.83. The minimum absolute atomic E-state index is 0.0928. The summed E-state index contributed by atoms with van der Waals surface area (Å²) in [5.74, 6) is -1.04. The molecule has 0 aromatic heterocycles. The van der Waals surface area contributed by atoms with Crippen LogP contribution in [0.5, 0.6) is 0 Å². The van der Waals surface area contributed by atoms with Gasteiger partial charge in [-0.05, 0) is 37.3 Å². The zero-order valence-electron chi connectivity index (χ0n) is 11.8. The van der Waals surface area contributed by atoms with E-state index in [1.165, 1.54) is 31.2 Å². The molecule has 0 spiro atoms. The van der Waals surface area contributed by atoms with E-state index in [2.05, 4.69) is 5.32 Å². The topological polar surface area (TPSA) is 46.2 Å². The molecule has 2 aromatic carbocycles. The molecule has 0 atom stereocenters. The van der Waals surface area contributed by atoms with Gasteiger partial charge in [-0.2, -0.15) is 0 Å². The van der Waals surface area contributed by atoms with Crippen LogP contribution in [0.3, 0.4) is 0 Å². The Balaban J connectivity index is 2.12. The molecule has 112 valence electrons. The zero-order chi connectivity index (χ0) is 16.1. The Morgan fingerprint density at radius 2 is 1.91 bits per heavy atom. The number of amides is 1. The molecule has 0 aliphatic rings. The first-order chi connectivity index (χ1) is 10.5. The van der Waals surface area contributed by atoms with Crippen LogP contribution < -0.4 is 5.32 Å². The van der Waals surface area contributed by atoms with Gasteiger partial charge in [0.05, 0.1) is 5.02 Å². The summed E-state index contributed by atoms with van der Waals surface area (Å²) < 4.78 is 13.6. The predicted molar refractivity (Wildman–Crippen MR) is 85.5 cm³/mol. The zero-order valence-corrected chi connectivity index (χ0v) is 12.5. The summed E-state index contributed by atoms with van der Waals surface area (Å²) in [4.78, 5) is 23.1. The summed E-state index contributed by atoms with van der Waals surface area (Å²) in [6.07, 6.45) is 2.49. The van der Waals surface area contributed by atoms with Gasteiger partial charge in [0.1, 0.15) is 5.82 Å². The molecule has 0 fully saturated rings. The van der Waals surface area contributed by atoms with Crippen LogP contribution in [0.2, 0.25) is 5.02 Å². The summed E-state index contributed by atoms with van der Waals surface area (Å²) in [6.45, 7) is 1.45. The molecule has 0 saturated heterocycles. The molecular weight excluding hydrogens is 305 g/mol. The third-order valence-corrected chi connectivity index (χ3v) is 3.27. The Bertz CT molecular complexity index is 736. The normalized spacial score (nSPS) is 10.7. The van der Waals surface area contributed by atoms with Gasteiger partial charge in [0.2, 0.25) is 5.91 Å². The number of hydrogen-bond donors (Lipinski definition) is 1. The largest absolute Gasteiger partial charge is 0.322 e. The fraction of sp³-hybridized carbons (Fsp3) is 0.0588. The second-order valence-corrected chi connectivity index (χ2v) is 5.00. The molecule has 2 aromatic rings. The van der Waals surface area contributed by atoms with Crippen molar-refractivity contribution >= 4 is 35.1 Å². The van der Waals surface area contributed by atoms with Crippen LogP contribution in [0.1, 0.15) is 22.8 Å². The molecule has 0 unspecified atom stereocenters. The van der Waals surface area contributed by atoms with Gasteiger partial charge in [-0.3, -0.25) is 9.59 Å². The molecule has 0 aliphatic carbocycles. The molecule has 3 nitrogen and oxygen atoms in total. The standard InChI is InChI=1S/C17H13ClFNO2/c1-11(21)12-4-2-5-13(10-12)20-17(22)9-8-14-15(18)6-3-7-16(14)19/h2-10H,1H3,(H,20,22)/b9-8+. The Morgan fingerprint density at radius 3 is 2.59 bits per heavy atom. The van der Waals surface area contributed by atoms with Gasteiger partial charge < -0.3 is 5.32 Å². The number of carbonyl (C=O) groups excluding carboxylic acids is 2. The van der Waals surface area contributed by atoms with E-state index in [1.54, 1.807) is 30.3 Å². The SMILES string of the molecule is CC(=O)c1cccc(NC(=O)/C=C/c2c(F)cccc2Cl)c1. The number of hydrogen-bond acceptors (Lipinski definition) is 2. The molecule has 1 N–H and O–H groups in total. The highest BCUT2D eigenvalue weighted by atomic mass is 35.5. The highest BCUT2D eigenvalue weighted by Gasteiger charge is 2.05. The number of anilines is 1. The van der Waals surface area contributed by atoms with E-state index < -0.39 is 11.7 Å². The van der Waals surface area contributed by atoms with Crippen molar-refractivity contribution in [3.8, 4) is 0 Å². The summed E-state index contributed by atoms with van der Waals surface area (Å²) in [7, 11) is 0. The second-order valence-electron chi connectivity index (χ2n) is 4.59. The third-order valence-electron chi connectivity index (χ3n) is 2.94. The van der Waals surface area contributed by atoms with Crippen molar-refractivity contribution in [3.63, 3.8) is 0 Å². The lowest BCUT2D eigenvalue weighted by Crippen LogP contribution is -2.08. The minimum Gasteiger partial charge on any atom is -0.322 e. The van der Waals surface area contributed by atoms with Crippen molar-refractivity contribution in [1.29, 1.82) is 0 Å². The van der Waals surface area contributed by atoms with E-state index in [1.807, 2.05) is 0 Å². The van der Waals surface area contributed by atoms with Crippen LogP contribution >= 0.6 is 11.6 Å². The minimum atomic E-state index is -0.505. The van der Waals surface area contributed by atoms with Crippen molar-refractivity contribution in [2.75, 3.05) is 5.32 Å². The average molecular weight is 318 g/mol. The molecule has 0 heterocycles. The maximum absolute atomic E-state index is 13.6. The molecule has 0 bridgehead atoms. The molecule has 5 heteroatoms. The number of nitrogens with one attached hydrogen (secondary N) is 1. The van der Waals surface area contributed by atoms with Crippen LogP contribution in [0.25, 0.3) is 6.08 Å². The van der Waals surface area contributed by atoms with Gasteiger partial charge in [0, 0.05) is 22.9 Å². The van der Waals surface area contributed by atoms with Crippen molar-refractivity contribution in [2.24, 2.45) is 0 Å². The summed E-state index contributed by atoms with van der Waals surface area (Å²) in [5.41, 5.74) is 1.14. The number of rotatable bonds is 4. The lowest BCUT2D eigenvalue weighted by atomic mass is 10.1. The van der Waals surface area contributed by atoms with E-state index in [0.29, 0.717) is 11.3 Å². The van der Waals surface area contributed by atoms with Crippen LogP contribution in [0.15, 0.2) is 48.5 Å². The Kier molecular flexibility index (Phi) is 5.07. The van der Waals surface area contributed by atoms with Gasteiger partial charge in [-0.1, -0.05) is 29.8 Å². The Hall–Kier alpha value is -2.46. The van der Waals surface area contributed by atoms with Crippen molar-refractivity contribution in [3.05, 3.63) is 70.5 Å². The van der Waals surface area contributed by atoms with Crippen molar-refractivity contribution in [1.82, 2.24) is 0 Å². The quantitative estimate of drug-likeness (QED) is 0.673. The summed E-state index contributed by atoms with van der Waals surface area (Å²) in [6, 6.07) is 10.9. The highest BCUT2D eigenvalue weighted by molar-refractivity contribution is 6.32. The maximum atomic E-state index is 13.6. The maximum Gasteiger partial charge on any atom is 0.248 e. The lowest BCUT2D eigenvalue weighted by molar-refractivity contribution is -0.111. The molecule has 22 heavy (non-hydrogen) atoms. The number of halogens is 2. The van der Waals surface area contributed by atoms with E-state index >= 15 is 0 Å². The summed E-state index contributed by atoms with van der Waals surface area (Å²) >= 11 is 5.87. The van der Waals surface area contributed by atoms with Gasteiger partial charge in [0.15, 0.2) is 5.78 Å². The fourth-order valence-electron chi connectivity index (χ4n) is 1.83. The van der Waals surface area contributed by atoms with Crippen LogP contribution in [-0.4, -0.2) is 11.7 Å². The van der Waals surface area contributed by atoms with Crippen LogP contribution in [0, 0.1) is 5.82 Å². The van der Waals surface area contributed by atoms with Crippen LogP contribution in [-0.2, 0) is 4.79 Å². The first kappa shape index (κ1) is 15.9. The molecule has 2 rings (SSSR count). The van der Waals surface area contributed by atoms with Gasteiger partial charge in [-0.15, -0.1) is 0 Å². The number of ketones is 1. The van der Waals surface area contributed by atoms with E-state index in [4.69, 9.17) is 11.6 Å². The predicted octanol–water partition coefficient (Wildman–Crippen LogP) is 4.33. The van der Waals surface area contributed by atoms with Gasteiger partial charge in [-0.25, -0.2) is 4.39 Å². The molecule has 0 aliphatic heterocycles. The highest BCUT2D eigenvalue weighted by Crippen LogP contribution is 2.20. The Labute approximate surface area is 132 Å². The van der Waals surface area contributed by atoms with Gasteiger partial charge >= 0.3 is 0 Å². The molecular formula is C17H13ClFNO2. The first-order valence-electron chi connectivity index (χ1n) is 6.51. The molecule has 0 radical (unpaired) electrons. The first-order valence-corrected chi connectivity index (χ1v) is 6.89. The Morgan fingerprint density at radius 1 is 1.18 bits per heavy atom. The second kappa shape index (κ2) is 7.00. The number of carbonyl (C=O) groups is 2. The smallest absolute Gasteiger partial charge is 0.248 e. The third kappa shape index (κ3) is 4.02. The van der Waals surface area contributed by atoms with Crippen LogP contribution in [0.4, 0.5) is 10.1 Å². The van der Waals surface area contributed by atoms with Crippen molar-refractivity contribution < 1.29 is 14.0 Å². The number of Topliss-reactive ketones (excluding diaryl/α,β-unsaturated/α-hetero) is 1. The van der Waals surface area contributed by atoms with Gasteiger partial charge in [0.25, 0.3) is 0 Å². The average Bonchev–Trinajstić information content (AvgIpc) is 2.47. The van der Waals surface area contributed by atoms with Crippen molar-refractivity contribution in [2.45, 2.75) is 6.92 Å². The molecule has 0 saturated carbocycles. The van der Waals surface area contributed by atoms with E-state index in [-0.39, 0.29) is 16.4 Å². The van der Waals surface area contributed by atoms with E-state index in [9.17, 15) is 14.0 Å². The van der Waals surface area contributed by atoms with E-state index in [0.717, 1.165) is 0 Å².